The van der Waals surface area contributed by atoms with E-state index in [0.29, 0.717) is 17.1 Å². The number of nitrogens with zero attached hydrogens (tertiary/aromatic N) is 1. The SMILES string of the molecule is CC(=O)Nc1ccc(NC(=O)CN(c2ccc(C)cc2C)S(=O)(=O)c2ccccc2)cc1. The summed E-state index contributed by atoms with van der Waals surface area (Å²) in [6.45, 7) is 4.75. The monoisotopic (exact) mass is 451 g/mol. The zero-order chi connectivity index (χ0) is 23.3. The summed E-state index contributed by atoms with van der Waals surface area (Å²) in [5.41, 5.74) is 3.26. The molecule has 0 saturated carbocycles. The Kier molecular flexibility index (Phi) is 6.95. The second kappa shape index (κ2) is 9.65. The van der Waals surface area contributed by atoms with Gasteiger partial charge in [0.2, 0.25) is 11.8 Å². The molecule has 32 heavy (non-hydrogen) atoms. The lowest BCUT2D eigenvalue weighted by Crippen LogP contribution is -2.38. The summed E-state index contributed by atoms with van der Waals surface area (Å²) in [7, 11) is -3.97. The predicted molar refractivity (Wildman–Crippen MR) is 126 cm³/mol. The van der Waals surface area contributed by atoms with Gasteiger partial charge in [-0.05, 0) is 61.9 Å². The van der Waals surface area contributed by atoms with Gasteiger partial charge in [0.05, 0.1) is 10.6 Å². The molecule has 8 heteroatoms. The Hall–Kier alpha value is -3.65. The summed E-state index contributed by atoms with van der Waals surface area (Å²) in [6, 6.07) is 20.0. The van der Waals surface area contributed by atoms with Crippen LogP contribution in [0.4, 0.5) is 17.1 Å². The summed E-state index contributed by atoms with van der Waals surface area (Å²) < 4.78 is 27.9. The average molecular weight is 452 g/mol. The van der Waals surface area contributed by atoms with E-state index in [0.717, 1.165) is 15.4 Å². The minimum atomic E-state index is -3.97. The van der Waals surface area contributed by atoms with Crippen LogP contribution in [0.25, 0.3) is 0 Å². The topological polar surface area (TPSA) is 95.6 Å². The number of aryl methyl sites for hydroxylation is 2. The second-order valence-corrected chi connectivity index (χ2v) is 9.28. The molecule has 3 aromatic carbocycles. The summed E-state index contributed by atoms with van der Waals surface area (Å²) in [4.78, 5) is 24.1. The van der Waals surface area contributed by atoms with Crippen LogP contribution in [-0.4, -0.2) is 26.8 Å². The van der Waals surface area contributed by atoms with Crippen LogP contribution in [-0.2, 0) is 19.6 Å². The fourth-order valence-corrected chi connectivity index (χ4v) is 4.78. The van der Waals surface area contributed by atoms with E-state index < -0.39 is 22.5 Å². The molecule has 0 aliphatic rings. The Morgan fingerprint density at radius 2 is 1.44 bits per heavy atom. The summed E-state index contributed by atoms with van der Waals surface area (Å²) >= 11 is 0. The molecule has 0 heterocycles. The minimum Gasteiger partial charge on any atom is -0.326 e. The van der Waals surface area contributed by atoms with Gasteiger partial charge < -0.3 is 10.6 Å². The standard InChI is InChI=1S/C24H25N3O4S/c1-17-9-14-23(18(2)15-17)27(32(30,31)22-7-5-4-6-8-22)16-24(29)26-21-12-10-20(11-13-21)25-19(3)28/h4-15H,16H2,1-3H3,(H,25,28)(H,26,29). The number of hydrogen-bond donors (Lipinski definition) is 2. The molecule has 3 rings (SSSR count). The van der Waals surface area contributed by atoms with Crippen molar-refractivity contribution in [1.82, 2.24) is 0 Å². The molecular formula is C24H25N3O4S. The van der Waals surface area contributed by atoms with Gasteiger partial charge in [-0.3, -0.25) is 13.9 Å². The first-order chi connectivity index (χ1) is 15.2. The van der Waals surface area contributed by atoms with Crippen molar-refractivity contribution in [3.63, 3.8) is 0 Å². The zero-order valence-electron chi connectivity index (χ0n) is 18.1. The highest BCUT2D eigenvalue weighted by atomic mass is 32.2. The Bertz CT molecular complexity index is 1220. The van der Waals surface area contributed by atoms with Crippen molar-refractivity contribution in [2.24, 2.45) is 0 Å². The predicted octanol–water partition coefficient (Wildman–Crippen LogP) is 4.10. The van der Waals surface area contributed by atoms with Gasteiger partial charge >= 0.3 is 0 Å². The van der Waals surface area contributed by atoms with Gasteiger partial charge in [0.15, 0.2) is 0 Å². The number of rotatable bonds is 7. The van der Waals surface area contributed by atoms with Gasteiger partial charge in [-0.25, -0.2) is 8.42 Å². The molecule has 0 aliphatic carbocycles. The Labute approximate surface area is 188 Å². The Morgan fingerprint density at radius 1 is 0.844 bits per heavy atom. The maximum Gasteiger partial charge on any atom is 0.264 e. The van der Waals surface area contributed by atoms with Crippen LogP contribution >= 0.6 is 0 Å². The van der Waals surface area contributed by atoms with E-state index in [4.69, 9.17) is 0 Å². The first-order valence-electron chi connectivity index (χ1n) is 9.99. The fourth-order valence-electron chi connectivity index (χ4n) is 3.28. The van der Waals surface area contributed by atoms with Crippen molar-refractivity contribution in [3.8, 4) is 0 Å². The van der Waals surface area contributed by atoms with Crippen molar-refractivity contribution >= 4 is 38.9 Å². The van der Waals surface area contributed by atoms with Gasteiger partial charge in [-0.15, -0.1) is 0 Å². The van der Waals surface area contributed by atoms with Gasteiger partial charge in [0.25, 0.3) is 10.0 Å². The minimum absolute atomic E-state index is 0.104. The highest BCUT2D eigenvalue weighted by Crippen LogP contribution is 2.27. The van der Waals surface area contributed by atoms with E-state index in [1.165, 1.54) is 19.1 Å². The molecule has 0 atom stereocenters. The van der Waals surface area contributed by atoms with Crippen molar-refractivity contribution in [2.45, 2.75) is 25.7 Å². The van der Waals surface area contributed by atoms with Gasteiger partial charge in [-0.2, -0.15) is 0 Å². The van der Waals surface area contributed by atoms with Crippen LogP contribution in [0.3, 0.4) is 0 Å². The number of carbonyl (C=O) groups is 2. The molecule has 0 aromatic heterocycles. The fraction of sp³-hybridized carbons (Fsp3) is 0.167. The third-order valence-corrected chi connectivity index (χ3v) is 6.50. The number of amides is 2. The maximum atomic E-state index is 13.4. The van der Waals surface area contributed by atoms with E-state index in [-0.39, 0.29) is 10.8 Å². The van der Waals surface area contributed by atoms with Crippen molar-refractivity contribution in [2.75, 3.05) is 21.5 Å². The van der Waals surface area contributed by atoms with Crippen LogP contribution in [0.2, 0.25) is 0 Å². The summed E-state index contributed by atoms with van der Waals surface area (Å²) in [5.74, 6) is -0.686. The van der Waals surface area contributed by atoms with E-state index in [1.807, 2.05) is 26.0 Å². The van der Waals surface area contributed by atoms with Crippen LogP contribution in [0.1, 0.15) is 18.1 Å². The average Bonchev–Trinajstić information content (AvgIpc) is 2.74. The van der Waals surface area contributed by atoms with Crippen LogP contribution in [0.15, 0.2) is 77.7 Å². The number of sulfonamides is 1. The molecule has 0 spiro atoms. The number of carbonyl (C=O) groups excluding carboxylic acids is 2. The number of hydrogen-bond acceptors (Lipinski definition) is 4. The smallest absolute Gasteiger partial charge is 0.264 e. The number of anilines is 3. The first kappa shape index (κ1) is 23.0. The van der Waals surface area contributed by atoms with E-state index in [2.05, 4.69) is 10.6 Å². The lowest BCUT2D eigenvalue weighted by Gasteiger charge is -2.26. The van der Waals surface area contributed by atoms with E-state index >= 15 is 0 Å². The lowest BCUT2D eigenvalue weighted by atomic mass is 10.1. The van der Waals surface area contributed by atoms with E-state index in [9.17, 15) is 18.0 Å². The molecule has 0 bridgehead atoms. The molecule has 0 radical (unpaired) electrons. The molecule has 2 amide bonds. The molecule has 0 saturated heterocycles. The first-order valence-corrected chi connectivity index (χ1v) is 11.4. The van der Waals surface area contributed by atoms with Crippen LogP contribution < -0.4 is 14.9 Å². The van der Waals surface area contributed by atoms with Gasteiger partial charge in [0.1, 0.15) is 6.54 Å². The normalized spacial score (nSPS) is 11.0. The molecule has 0 unspecified atom stereocenters. The Balaban J connectivity index is 1.89. The zero-order valence-corrected chi connectivity index (χ0v) is 18.9. The van der Waals surface area contributed by atoms with Crippen molar-refractivity contribution in [3.05, 3.63) is 83.9 Å². The van der Waals surface area contributed by atoms with Gasteiger partial charge in [-0.1, -0.05) is 35.9 Å². The molecule has 7 nitrogen and oxygen atoms in total. The summed E-state index contributed by atoms with van der Waals surface area (Å²) in [6.07, 6.45) is 0. The number of nitrogens with one attached hydrogen (secondary N) is 2. The second-order valence-electron chi connectivity index (χ2n) is 7.42. The van der Waals surface area contributed by atoms with E-state index in [1.54, 1.807) is 48.5 Å². The molecule has 0 aliphatic heterocycles. The van der Waals surface area contributed by atoms with Crippen LogP contribution in [0, 0.1) is 13.8 Å². The quantitative estimate of drug-likeness (QED) is 0.565. The molecule has 2 N–H and O–H groups in total. The summed E-state index contributed by atoms with van der Waals surface area (Å²) in [5, 5.41) is 5.37. The highest BCUT2D eigenvalue weighted by Gasteiger charge is 2.28. The van der Waals surface area contributed by atoms with Crippen LogP contribution in [0.5, 0.6) is 0 Å². The molecule has 0 fully saturated rings. The van der Waals surface area contributed by atoms with Crippen molar-refractivity contribution < 1.29 is 18.0 Å². The highest BCUT2D eigenvalue weighted by molar-refractivity contribution is 7.92. The third-order valence-electron chi connectivity index (χ3n) is 4.73. The Morgan fingerprint density at radius 3 is 2.00 bits per heavy atom. The molecule has 3 aromatic rings. The van der Waals surface area contributed by atoms with Crippen molar-refractivity contribution in [1.29, 1.82) is 0 Å². The molecular weight excluding hydrogens is 426 g/mol. The lowest BCUT2D eigenvalue weighted by molar-refractivity contribution is -0.115. The largest absolute Gasteiger partial charge is 0.326 e. The number of benzene rings is 3. The maximum absolute atomic E-state index is 13.4. The van der Waals surface area contributed by atoms with Gasteiger partial charge in [0, 0.05) is 18.3 Å². The third kappa shape index (κ3) is 5.53. The molecule has 166 valence electrons.